The lowest BCUT2D eigenvalue weighted by atomic mass is 9.98. The Morgan fingerprint density at radius 3 is 3.12 bits per heavy atom. The summed E-state index contributed by atoms with van der Waals surface area (Å²) in [6, 6.07) is 5.94. The topological polar surface area (TPSA) is 69.5 Å². The lowest BCUT2D eigenvalue weighted by molar-refractivity contribution is -0.000112. The molecule has 138 valence electrons. The molecule has 0 saturated carbocycles. The van der Waals surface area contributed by atoms with Crippen LogP contribution in [0.1, 0.15) is 34.6 Å². The first-order valence-corrected chi connectivity index (χ1v) is 8.99. The van der Waals surface area contributed by atoms with E-state index in [0.717, 1.165) is 24.2 Å². The van der Waals surface area contributed by atoms with Crippen LogP contribution in [0.5, 0.6) is 0 Å². The van der Waals surface area contributed by atoms with E-state index >= 15 is 0 Å². The molecule has 26 heavy (non-hydrogen) atoms. The Bertz CT molecular complexity index is 806. The average Bonchev–Trinajstić information content (AvgIpc) is 3.34. The molecule has 2 aromatic rings. The summed E-state index contributed by atoms with van der Waals surface area (Å²) < 4.78 is 13.7. The molecule has 0 bridgehead atoms. The van der Waals surface area contributed by atoms with Crippen molar-refractivity contribution in [3.05, 3.63) is 47.5 Å². The van der Waals surface area contributed by atoms with Crippen LogP contribution in [0.25, 0.3) is 0 Å². The number of pyridine rings is 1. The fourth-order valence-electron chi connectivity index (χ4n) is 3.81. The summed E-state index contributed by atoms with van der Waals surface area (Å²) in [6.45, 7) is 4.36. The van der Waals surface area contributed by atoms with Crippen LogP contribution >= 0.6 is 0 Å². The second-order valence-corrected chi connectivity index (χ2v) is 7.28. The van der Waals surface area contributed by atoms with Crippen molar-refractivity contribution >= 4 is 5.91 Å². The normalized spacial score (nSPS) is 25.3. The maximum absolute atomic E-state index is 12.6. The van der Waals surface area contributed by atoms with Gasteiger partial charge in [0.25, 0.3) is 5.91 Å². The first-order valence-electron chi connectivity index (χ1n) is 8.99. The van der Waals surface area contributed by atoms with Crippen LogP contribution in [0.4, 0.5) is 0 Å². The van der Waals surface area contributed by atoms with Crippen molar-refractivity contribution in [1.82, 2.24) is 19.7 Å². The summed E-state index contributed by atoms with van der Waals surface area (Å²) in [6.07, 6.45) is 5.08. The van der Waals surface area contributed by atoms with Gasteiger partial charge in [-0.15, -0.1) is 0 Å². The van der Waals surface area contributed by atoms with Gasteiger partial charge in [-0.3, -0.25) is 14.5 Å². The van der Waals surface area contributed by atoms with Gasteiger partial charge in [0.1, 0.15) is 0 Å². The Balaban J connectivity index is 1.32. The third-order valence-corrected chi connectivity index (χ3v) is 5.14. The summed E-state index contributed by atoms with van der Waals surface area (Å²) in [7, 11) is 1.81. The minimum absolute atomic E-state index is 0.0203. The number of likely N-dealkylation sites (tertiary alicyclic amines) is 1. The van der Waals surface area contributed by atoms with E-state index in [1.54, 1.807) is 17.1 Å². The molecule has 0 aromatic carbocycles. The Morgan fingerprint density at radius 1 is 1.46 bits per heavy atom. The van der Waals surface area contributed by atoms with Crippen molar-refractivity contribution in [1.29, 1.82) is 0 Å². The number of aryl methyl sites for hydroxylation is 2. The fraction of sp³-hybridized carbons (Fsp3) is 0.526. The van der Waals surface area contributed by atoms with E-state index in [1.165, 1.54) is 0 Å². The zero-order chi connectivity index (χ0) is 18.1. The summed E-state index contributed by atoms with van der Waals surface area (Å²) in [4.78, 5) is 18.9. The first kappa shape index (κ1) is 17.2. The number of nitrogens with zero attached hydrogens (tertiary/aromatic N) is 4. The third kappa shape index (κ3) is 3.50. The van der Waals surface area contributed by atoms with Crippen molar-refractivity contribution in [2.24, 2.45) is 7.05 Å². The highest BCUT2D eigenvalue weighted by molar-refractivity contribution is 5.94. The quantitative estimate of drug-likeness (QED) is 0.834. The number of aromatic nitrogens is 3. The molecule has 2 fully saturated rings. The summed E-state index contributed by atoms with van der Waals surface area (Å²) in [5.41, 5.74) is 2.28. The van der Waals surface area contributed by atoms with Crippen molar-refractivity contribution in [3.8, 4) is 0 Å². The molecule has 2 saturated heterocycles. The molecule has 0 radical (unpaired) electrons. The molecule has 1 spiro atoms. The second-order valence-electron chi connectivity index (χ2n) is 7.28. The number of hydrogen-bond acceptors (Lipinski definition) is 5. The SMILES string of the molecule is Cc1cccc(CO[C@@H]2CO[C@]3(CCN(C(=O)c4cnn(C)c4)C3)C2)n1. The zero-order valence-corrected chi connectivity index (χ0v) is 15.2. The fourth-order valence-corrected chi connectivity index (χ4v) is 3.81. The van der Waals surface area contributed by atoms with Gasteiger partial charge in [0.2, 0.25) is 0 Å². The van der Waals surface area contributed by atoms with Crippen LogP contribution in [0.15, 0.2) is 30.6 Å². The predicted octanol–water partition coefficient (Wildman–Crippen LogP) is 1.71. The molecular formula is C19H24N4O3. The summed E-state index contributed by atoms with van der Waals surface area (Å²) in [5, 5.41) is 4.08. The van der Waals surface area contributed by atoms with Gasteiger partial charge < -0.3 is 14.4 Å². The molecule has 4 rings (SSSR count). The monoisotopic (exact) mass is 356 g/mol. The number of hydrogen-bond donors (Lipinski definition) is 0. The molecule has 0 unspecified atom stereocenters. The first-order chi connectivity index (χ1) is 12.5. The minimum Gasteiger partial charge on any atom is -0.370 e. The van der Waals surface area contributed by atoms with Crippen LogP contribution < -0.4 is 0 Å². The lowest BCUT2D eigenvalue weighted by Gasteiger charge is -2.23. The molecule has 7 nitrogen and oxygen atoms in total. The number of amides is 1. The molecule has 4 heterocycles. The van der Waals surface area contributed by atoms with Gasteiger partial charge in [-0.1, -0.05) is 6.07 Å². The van der Waals surface area contributed by atoms with Gasteiger partial charge in [-0.25, -0.2) is 0 Å². The van der Waals surface area contributed by atoms with Gasteiger partial charge in [0.05, 0.1) is 48.9 Å². The molecule has 2 aliphatic rings. The van der Waals surface area contributed by atoms with E-state index in [-0.39, 0.29) is 17.6 Å². The van der Waals surface area contributed by atoms with Crippen LogP contribution in [-0.4, -0.2) is 57.0 Å². The molecule has 0 N–H and O–H groups in total. The van der Waals surface area contributed by atoms with Gasteiger partial charge in [0.15, 0.2) is 0 Å². The Kier molecular flexibility index (Phi) is 4.50. The van der Waals surface area contributed by atoms with Gasteiger partial charge in [-0.05, 0) is 25.5 Å². The average molecular weight is 356 g/mol. The Hall–Kier alpha value is -2.25. The van der Waals surface area contributed by atoms with Crippen molar-refractivity contribution in [2.45, 2.75) is 38.1 Å². The predicted molar refractivity (Wildman–Crippen MR) is 94.6 cm³/mol. The van der Waals surface area contributed by atoms with E-state index in [4.69, 9.17) is 9.47 Å². The molecule has 1 amide bonds. The smallest absolute Gasteiger partial charge is 0.257 e. The number of ether oxygens (including phenoxy) is 2. The zero-order valence-electron chi connectivity index (χ0n) is 15.2. The van der Waals surface area contributed by atoms with Crippen LogP contribution in [0, 0.1) is 6.92 Å². The standard InChI is InChI=1S/C19H24N4O3/c1-14-4-3-5-16(21-14)11-25-17-8-19(26-12-17)6-7-23(13-19)18(24)15-9-20-22(2)10-15/h3-5,9-10,17H,6-8,11-13H2,1-2H3/t17-,19+/m0/s1. The maximum atomic E-state index is 12.6. The van der Waals surface area contributed by atoms with Gasteiger partial charge in [-0.2, -0.15) is 5.10 Å². The number of rotatable bonds is 4. The molecule has 2 aromatic heterocycles. The Labute approximate surface area is 152 Å². The van der Waals surface area contributed by atoms with Crippen molar-refractivity contribution in [2.75, 3.05) is 19.7 Å². The summed E-state index contributed by atoms with van der Waals surface area (Å²) in [5.74, 6) is 0.0203. The molecule has 0 aliphatic carbocycles. The second kappa shape index (κ2) is 6.81. The molecular weight excluding hydrogens is 332 g/mol. The van der Waals surface area contributed by atoms with Gasteiger partial charge >= 0.3 is 0 Å². The van der Waals surface area contributed by atoms with E-state index in [1.807, 2.05) is 37.1 Å². The maximum Gasteiger partial charge on any atom is 0.257 e. The van der Waals surface area contributed by atoms with Crippen LogP contribution in [-0.2, 0) is 23.1 Å². The number of carbonyl (C=O) groups is 1. The van der Waals surface area contributed by atoms with Gasteiger partial charge in [0, 0.05) is 31.9 Å². The van der Waals surface area contributed by atoms with Crippen molar-refractivity contribution < 1.29 is 14.3 Å². The largest absolute Gasteiger partial charge is 0.370 e. The third-order valence-electron chi connectivity index (χ3n) is 5.14. The van der Waals surface area contributed by atoms with Crippen molar-refractivity contribution in [3.63, 3.8) is 0 Å². The van der Waals surface area contributed by atoms with E-state index < -0.39 is 0 Å². The van der Waals surface area contributed by atoms with E-state index in [0.29, 0.717) is 31.9 Å². The van der Waals surface area contributed by atoms with E-state index in [2.05, 4.69) is 10.1 Å². The Morgan fingerprint density at radius 2 is 2.35 bits per heavy atom. The molecule has 7 heteroatoms. The lowest BCUT2D eigenvalue weighted by Crippen LogP contribution is -2.36. The molecule has 2 aliphatic heterocycles. The number of carbonyl (C=O) groups excluding carboxylic acids is 1. The van der Waals surface area contributed by atoms with Crippen LogP contribution in [0.2, 0.25) is 0 Å². The summed E-state index contributed by atoms with van der Waals surface area (Å²) >= 11 is 0. The minimum atomic E-state index is -0.275. The van der Waals surface area contributed by atoms with Crippen LogP contribution in [0.3, 0.4) is 0 Å². The van der Waals surface area contributed by atoms with E-state index in [9.17, 15) is 4.79 Å². The highest BCUT2D eigenvalue weighted by atomic mass is 16.6. The highest BCUT2D eigenvalue weighted by Crippen LogP contribution is 2.36. The molecule has 2 atom stereocenters. The highest BCUT2D eigenvalue weighted by Gasteiger charge is 2.47.